The molecule has 104 valence electrons. The lowest BCUT2D eigenvalue weighted by Crippen LogP contribution is -2.25. The van der Waals surface area contributed by atoms with Crippen LogP contribution in [-0.2, 0) is 16.1 Å². The SMILES string of the molecule is CCCCCn1cc(N2C[C@H](C(=O)O)CC2=O)cn1. The van der Waals surface area contributed by atoms with Gasteiger partial charge in [0.2, 0.25) is 5.91 Å². The van der Waals surface area contributed by atoms with Crippen LogP contribution in [0.15, 0.2) is 12.4 Å². The van der Waals surface area contributed by atoms with Crippen LogP contribution in [0.3, 0.4) is 0 Å². The number of carboxylic acids is 1. The summed E-state index contributed by atoms with van der Waals surface area (Å²) >= 11 is 0. The highest BCUT2D eigenvalue weighted by Gasteiger charge is 2.35. The topological polar surface area (TPSA) is 75.4 Å². The van der Waals surface area contributed by atoms with Crippen LogP contribution in [0.5, 0.6) is 0 Å². The predicted octanol–water partition coefficient (Wildman–Crippen LogP) is 1.51. The van der Waals surface area contributed by atoms with Gasteiger partial charge in [-0.1, -0.05) is 19.8 Å². The second-order valence-electron chi connectivity index (χ2n) is 4.91. The normalized spacial score (nSPS) is 19.1. The number of rotatable bonds is 6. The number of amides is 1. The van der Waals surface area contributed by atoms with Crippen molar-refractivity contribution in [1.29, 1.82) is 0 Å². The van der Waals surface area contributed by atoms with Crippen LogP contribution in [0.4, 0.5) is 5.69 Å². The Bertz CT molecular complexity index is 469. The van der Waals surface area contributed by atoms with E-state index in [1.165, 1.54) is 4.90 Å². The lowest BCUT2D eigenvalue weighted by Gasteiger charge is -2.12. The van der Waals surface area contributed by atoms with Crippen molar-refractivity contribution in [1.82, 2.24) is 9.78 Å². The Hall–Kier alpha value is -1.85. The van der Waals surface area contributed by atoms with Crippen molar-refractivity contribution in [2.45, 2.75) is 39.2 Å². The van der Waals surface area contributed by atoms with Gasteiger partial charge in [-0.3, -0.25) is 14.3 Å². The van der Waals surface area contributed by atoms with Gasteiger partial charge < -0.3 is 10.0 Å². The van der Waals surface area contributed by atoms with Crippen LogP contribution in [0.2, 0.25) is 0 Å². The molecule has 2 rings (SSSR count). The quantitative estimate of drug-likeness (QED) is 0.791. The van der Waals surface area contributed by atoms with Gasteiger partial charge in [-0.2, -0.15) is 5.10 Å². The summed E-state index contributed by atoms with van der Waals surface area (Å²) < 4.78 is 1.81. The molecule has 0 aliphatic carbocycles. The Balaban J connectivity index is 1.98. The van der Waals surface area contributed by atoms with Crippen LogP contribution in [0.1, 0.15) is 32.6 Å². The Morgan fingerprint density at radius 3 is 2.95 bits per heavy atom. The first-order valence-electron chi connectivity index (χ1n) is 6.67. The number of aryl methyl sites for hydroxylation is 1. The first-order valence-corrected chi connectivity index (χ1v) is 6.67. The van der Waals surface area contributed by atoms with E-state index < -0.39 is 11.9 Å². The van der Waals surface area contributed by atoms with E-state index in [4.69, 9.17) is 5.11 Å². The van der Waals surface area contributed by atoms with Crippen molar-refractivity contribution in [2.75, 3.05) is 11.4 Å². The van der Waals surface area contributed by atoms with Crippen LogP contribution >= 0.6 is 0 Å². The molecule has 1 amide bonds. The van der Waals surface area contributed by atoms with E-state index >= 15 is 0 Å². The molecule has 1 fully saturated rings. The standard InChI is InChI=1S/C13H19N3O3/c1-2-3-4-5-15-9-11(7-14-15)16-8-10(13(18)19)6-12(16)17/h7,9-10H,2-6,8H2,1H3,(H,18,19)/t10-/m1/s1. The Kier molecular flexibility index (Phi) is 4.19. The van der Waals surface area contributed by atoms with Crippen LogP contribution < -0.4 is 4.90 Å². The van der Waals surface area contributed by atoms with Gasteiger partial charge in [-0.15, -0.1) is 0 Å². The van der Waals surface area contributed by atoms with Crippen LogP contribution in [-0.4, -0.2) is 33.3 Å². The fourth-order valence-corrected chi connectivity index (χ4v) is 2.26. The van der Waals surface area contributed by atoms with Gasteiger partial charge in [0.1, 0.15) is 0 Å². The number of hydrogen-bond acceptors (Lipinski definition) is 3. The van der Waals surface area contributed by atoms with Crippen LogP contribution in [0, 0.1) is 5.92 Å². The lowest BCUT2D eigenvalue weighted by atomic mass is 10.1. The highest BCUT2D eigenvalue weighted by Crippen LogP contribution is 2.24. The summed E-state index contributed by atoms with van der Waals surface area (Å²) in [5.74, 6) is -1.65. The molecular weight excluding hydrogens is 246 g/mol. The van der Waals surface area contributed by atoms with E-state index in [0.29, 0.717) is 5.69 Å². The number of anilines is 1. The van der Waals surface area contributed by atoms with Crippen molar-refractivity contribution in [3.63, 3.8) is 0 Å². The lowest BCUT2D eigenvalue weighted by molar-refractivity contribution is -0.141. The number of carboxylic acid groups (broad SMARTS) is 1. The molecule has 1 aliphatic heterocycles. The summed E-state index contributed by atoms with van der Waals surface area (Å²) in [5, 5.41) is 13.2. The number of nitrogens with zero attached hydrogens (tertiary/aromatic N) is 3. The van der Waals surface area contributed by atoms with Gasteiger partial charge in [-0.25, -0.2) is 0 Å². The molecule has 6 heteroatoms. The first kappa shape index (κ1) is 13.6. The number of carbonyl (C=O) groups is 2. The highest BCUT2D eigenvalue weighted by molar-refractivity contribution is 5.98. The minimum Gasteiger partial charge on any atom is -0.481 e. The highest BCUT2D eigenvalue weighted by atomic mass is 16.4. The maximum atomic E-state index is 11.8. The third-order valence-corrected chi connectivity index (χ3v) is 3.40. The Morgan fingerprint density at radius 2 is 2.32 bits per heavy atom. The van der Waals surface area contributed by atoms with E-state index in [1.807, 2.05) is 10.9 Å². The summed E-state index contributed by atoms with van der Waals surface area (Å²) in [6.45, 7) is 3.22. The molecule has 6 nitrogen and oxygen atoms in total. The summed E-state index contributed by atoms with van der Waals surface area (Å²) in [6, 6.07) is 0. The number of aliphatic carboxylic acids is 1. The van der Waals surface area contributed by atoms with E-state index in [1.54, 1.807) is 6.20 Å². The van der Waals surface area contributed by atoms with E-state index in [-0.39, 0.29) is 18.9 Å². The molecular formula is C13H19N3O3. The second kappa shape index (κ2) is 5.86. The zero-order valence-corrected chi connectivity index (χ0v) is 11.1. The van der Waals surface area contributed by atoms with Crippen LogP contribution in [0.25, 0.3) is 0 Å². The van der Waals surface area contributed by atoms with E-state index in [2.05, 4.69) is 12.0 Å². The molecule has 1 aromatic rings. The zero-order valence-electron chi connectivity index (χ0n) is 11.1. The molecule has 1 aromatic heterocycles. The molecule has 2 heterocycles. The van der Waals surface area contributed by atoms with Gasteiger partial charge >= 0.3 is 5.97 Å². The average Bonchev–Trinajstić information content (AvgIpc) is 2.96. The second-order valence-corrected chi connectivity index (χ2v) is 4.91. The maximum Gasteiger partial charge on any atom is 0.308 e. The molecule has 0 bridgehead atoms. The Morgan fingerprint density at radius 1 is 1.53 bits per heavy atom. The molecule has 0 radical (unpaired) electrons. The summed E-state index contributed by atoms with van der Waals surface area (Å²) in [7, 11) is 0. The van der Waals surface area contributed by atoms with E-state index in [9.17, 15) is 9.59 Å². The molecule has 1 N–H and O–H groups in total. The maximum absolute atomic E-state index is 11.8. The van der Waals surface area contributed by atoms with Gasteiger partial charge in [0, 0.05) is 25.7 Å². The van der Waals surface area contributed by atoms with Gasteiger partial charge in [0.25, 0.3) is 0 Å². The zero-order chi connectivity index (χ0) is 13.8. The number of aromatic nitrogens is 2. The summed E-state index contributed by atoms with van der Waals surface area (Å²) in [5.41, 5.74) is 0.699. The number of carbonyl (C=O) groups excluding carboxylic acids is 1. The minimum atomic E-state index is -0.911. The molecule has 19 heavy (non-hydrogen) atoms. The molecule has 0 unspecified atom stereocenters. The molecule has 0 aromatic carbocycles. The third kappa shape index (κ3) is 3.13. The largest absolute Gasteiger partial charge is 0.481 e. The smallest absolute Gasteiger partial charge is 0.308 e. The monoisotopic (exact) mass is 265 g/mol. The average molecular weight is 265 g/mol. The molecule has 0 saturated carbocycles. The van der Waals surface area contributed by atoms with Crippen molar-refractivity contribution < 1.29 is 14.7 Å². The fraction of sp³-hybridized carbons (Fsp3) is 0.615. The van der Waals surface area contributed by atoms with E-state index in [0.717, 1.165) is 25.8 Å². The third-order valence-electron chi connectivity index (χ3n) is 3.40. The molecule has 1 saturated heterocycles. The summed E-state index contributed by atoms with van der Waals surface area (Å²) in [6.07, 6.45) is 6.89. The first-order chi connectivity index (χ1) is 9.11. The van der Waals surface area contributed by atoms with Gasteiger partial charge in [-0.05, 0) is 6.42 Å². The minimum absolute atomic E-state index is 0.0797. The molecule has 0 spiro atoms. The van der Waals surface area contributed by atoms with Crippen molar-refractivity contribution in [3.8, 4) is 0 Å². The van der Waals surface area contributed by atoms with Crippen molar-refractivity contribution >= 4 is 17.6 Å². The fourth-order valence-electron chi connectivity index (χ4n) is 2.26. The number of unbranched alkanes of at least 4 members (excludes halogenated alkanes) is 2. The molecule has 1 aliphatic rings. The molecule has 1 atom stereocenters. The van der Waals surface area contributed by atoms with Crippen molar-refractivity contribution in [3.05, 3.63) is 12.4 Å². The van der Waals surface area contributed by atoms with Crippen molar-refractivity contribution in [2.24, 2.45) is 5.92 Å². The van der Waals surface area contributed by atoms with Gasteiger partial charge in [0.15, 0.2) is 0 Å². The number of hydrogen-bond donors (Lipinski definition) is 1. The summed E-state index contributed by atoms with van der Waals surface area (Å²) in [4.78, 5) is 24.2. The Labute approximate surface area is 112 Å². The predicted molar refractivity (Wildman–Crippen MR) is 69.8 cm³/mol. The van der Waals surface area contributed by atoms with Gasteiger partial charge in [0.05, 0.1) is 17.8 Å².